The molecule has 0 atom stereocenters. The molecule has 0 aliphatic carbocycles. The number of nitrogens with zero attached hydrogens (tertiary/aromatic N) is 3. The molecule has 0 fully saturated rings. The Balaban J connectivity index is 2.15. The number of hydrogen-bond donors (Lipinski definition) is 0. The van der Waals surface area contributed by atoms with Crippen molar-refractivity contribution in [2.24, 2.45) is 0 Å². The number of ketones is 1. The zero-order valence-corrected chi connectivity index (χ0v) is 15.1. The highest BCUT2D eigenvalue weighted by Crippen LogP contribution is 2.27. The summed E-state index contributed by atoms with van der Waals surface area (Å²) in [7, 11) is 0. The van der Waals surface area contributed by atoms with Gasteiger partial charge in [0.15, 0.2) is 0 Å². The number of benzene rings is 1. The van der Waals surface area contributed by atoms with Crippen molar-refractivity contribution in [3.8, 4) is 0 Å². The molecule has 2 aromatic heterocycles. The molecule has 3 rings (SSSR count). The van der Waals surface area contributed by atoms with Crippen LogP contribution in [0.2, 0.25) is 0 Å². The third-order valence-corrected chi connectivity index (χ3v) is 4.49. The molecule has 4 nitrogen and oxygen atoms in total. The van der Waals surface area contributed by atoms with E-state index in [2.05, 4.69) is 38.5 Å². The van der Waals surface area contributed by atoms with Gasteiger partial charge in [-0.05, 0) is 38.0 Å². The average Bonchev–Trinajstić information content (AvgIpc) is 2.85. The summed E-state index contributed by atoms with van der Waals surface area (Å²) >= 11 is 3.50. The van der Waals surface area contributed by atoms with E-state index in [-0.39, 0.29) is 5.78 Å². The number of rotatable bonds is 6. The first-order valence-corrected chi connectivity index (χ1v) is 8.82. The van der Waals surface area contributed by atoms with Crippen molar-refractivity contribution in [3.63, 3.8) is 0 Å². The normalized spacial score (nSPS) is 11.4. The SMILES string of the molecule is CCCc1nc2cnc3cc(Br)ccc3c2n1CCCC(C)=O. The largest absolute Gasteiger partial charge is 0.327 e. The summed E-state index contributed by atoms with van der Waals surface area (Å²) in [6.45, 7) is 4.63. The molecule has 2 heterocycles. The molecule has 0 spiro atoms. The molecule has 1 aromatic carbocycles. The van der Waals surface area contributed by atoms with Crippen molar-refractivity contribution >= 4 is 43.6 Å². The fraction of sp³-hybridized carbons (Fsp3) is 0.389. The molecular formula is C18H20BrN3O. The van der Waals surface area contributed by atoms with Crippen LogP contribution < -0.4 is 0 Å². The Morgan fingerprint density at radius 2 is 2.13 bits per heavy atom. The van der Waals surface area contributed by atoms with Crippen LogP contribution in [0.3, 0.4) is 0 Å². The van der Waals surface area contributed by atoms with Gasteiger partial charge >= 0.3 is 0 Å². The summed E-state index contributed by atoms with van der Waals surface area (Å²) < 4.78 is 3.30. The van der Waals surface area contributed by atoms with Crippen LogP contribution in [0.25, 0.3) is 21.9 Å². The van der Waals surface area contributed by atoms with E-state index in [0.29, 0.717) is 6.42 Å². The first-order valence-electron chi connectivity index (χ1n) is 8.03. The van der Waals surface area contributed by atoms with Crippen LogP contribution in [0.5, 0.6) is 0 Å². The van der Waals surface area contributed by atoms with E-state index in [9.17, 15) is 4.79 Å². The molecule has 0 unspecified atom stereocenters. The lowest BCUT2D eigenvalue weighted by Crippen LogP contribution is -2.05. The lowest BCUT2D eigenvalue weighted by molar-refractivity contribution is -0.117. The summed E-state index contributed by atoms with van der Waals surface area (Å²) in [5.41, 5.74) is 3.03. The minimum absolute atomic E-state index is 0.238. The minimum Gasteiger partial charge on any atom is -0.327 e. The predicted molar refractivity (Wildman–Crippen MR) is 96.6 cm³/mol. The molecular weight excluding hydrogens is 354 g/mol. The van der Waals surface area contributed by atoms with Crippen LogP contribution in [0.15, 0.2) is 28.9 Å². The van der Waals surface area contributed by atoms with E-state index >= 15 is 0 Å². The van der Waals surface area contributed by atoms with E-state index in [1.54, 1.807) is 6.92 Å². The number of aryl methyl sites for hydroxylation is 2. The zero-order chi connectivity index (χ0) is 16.4. The molecule has 0 saturated heterocycles. The monoisotopic (exact) mass is 373 g/mol. The second kappa shape index (κ2) is 6.79. The Morgan fingerprint density at radius 3 is 2.87 bits per heavy atom. The van der Waals surface area contributed by atoms with Gasteiger partial charge in [0.05, 0.1) is 17.2 Å². The molecule has 0 N–H and O–H groups in total. The topological polar surface area (TPSA) is 47.8 Å². The average molecular weight is 374 g/mol. The number of imidazole rings is 1. The van der Waals surface area contributed by atoms with E-state index in [0.717, 1.165) is 58.0 Å². The van der Waals surface area contributed by atoms with Gasteiger partial charge in [0, 0.05) is 29.2 Å². The Kier molecular flexibility index (Phi) is 4.76. The number of hydrogen-bond acceptors (Lipinski definition) is 3. The number of aromatic nitrogens is 3. The van der Waals surface area contributed by atoms with Crippen LogP contribution in [0.4, 0.5) is 0 Å². The highest BCUT2D eigenvalue weighted by atomic mass is 79.9. The van der Waals surface area contributed by atoms with E-state index in [4.69, 9.17) is 4.98 Å². The molecule has 0 bridgehead atoms. The van der Waals surface area contributed by atoms with Gasteiger partial charge in [0.1, 0.15) is 17.1 Å². The van der Waals surface area contributed by atoms with E-state index < -0.39 is 0 Å². The number of halogens is 1. The molecule has 0 radical (unpaired) electrons. The van der Waals surface area contributed by atoms with Gasteiger partial charge in [0.25, 0.3) is 0 Å². The van der Waals surface area contributed by atoms with Crippen molar-refractivity contribution in [1.82, 2.24) is 14.5 Å². The van der Waals surface area contributed by atoms with Crippen molar-refractivity contribution in [1.29, 1.82) is 0 Å². The van der Waals surface area contributed by atoms with Crippen LogP contribution in [-0.2, 0) is 17.8 Å². The first-order chi connectivity index (χ1) is 11.1. The smallest absolute Gasteiger partial charge is 0.129 e. The Morgan fingerprint density at radius 1 is 1.30 bits per heavy atom. The third-order valence-electron chi connectivity index (χ3n) is 4.00. The summed E-state index contributed by atoms with van der Waals surface area (Å²) in [6.07, 6.45) is 5.29. The van der Waals surface area contributed by atoms with Crippen LogP contribution in [-0.4, -0.2) is 20.3 Å². The first kappa shape index (κ1) is 16.1. The van der Waals surface area contributed by atoms with Gasteiger partial charge in [0.2, 0.25) is 0 Å². The van der Waals surface area contributed by atoms with Gasteiger partial charge in [-0.15, -0.1) is 0 Å². The van der Waals surface area contributed by atoms with Crippen molar-refractivity contribution in [2.75, 3.05) is 0 Å². The molecule has 3 aromatic rings. The van der Waals surface area contributed by atoms with Crippen LogP contribution >= 0.6 is 15.9 Å². The highest BCUT2D eigenvalue weighted by molar-refractivity contribution is 9.10. The quantitative estimate of drug-likeness (QED) is 0.630. The van der Waals surface area contributed by atoms with E-state index in [1.165, 1.54) is 0 Å². The second-order valence-electron chi connectivity index (χ2n) is 5.89. The van der Waals surface area contributed by atoms with Gasteiger partial charge in [-0.3, -0.25) is 4.98 Å². The fourth-order valence-corrected chi connectivity index (χ4v) is 3.33. The molecule has 0 saturated carbocycles. The minimum atomic E-state index is 0.238. The van der Waals surface area contributed by atoms with Crippen molar-refractivity contribution in [3.05, 3.63) is 34.7 Å². The number of fused-ring (bicyclic) bond motifs is 3. The van der Waals surface area contributed by atoms with Crippen LogP contribution in [0.1, 0.15) is 38.9 Å². The number of carbonyl (C=O) groups excluding carboxylic acids is 1. The van der Waals surface area contributed by atoms with Crippen molar-refractivity contribution < 1.29 is 4.79 Å². The van der Waals surface area contributed by atoms with Gasteiger partial charge in [-0.1, -0.05) is 22.9 Å². The highest BCUT2D eigenvalue weighted by Gasteiger charge is 2.14. The van der Waals surface area contributed by atoms with Crippen LogP contribution in [0, 0.1) is 0 Å². The molecule has 0 aliphatic rings. The molecule has 120 valence electrons. The van der Waals surface area contributed by atoms with Crippen molar-refractivity contribution in [2.45, 2.75) is 46.1 Å². The zero-order valence-electron chi connectivity index (χ0n) is 13.5. The standard InChI is InChI=1S/C18H20BrN3O/c1-3-5-17-21-16-11-20-15-10-13(19)7-8-14(15)18(16)22(17)9-4-6-12(2)23/h7-8,10-11H,3-6,9H2,1-2H3. The lowest BCUT2D eigenvalue weighted by atomic mass is 10.2. The Bertz CT molecular complexity index is 869. The maximum absolute atomic E-state index is 11.3. The molecule has 23 heavy (non-hydrogen) atoms. The second-order valence-corrected chi connectivity index (χ2v) is 6.80. The Labute approximate surface area is 144 Å². The predicted octanol–water partition coefficient (Wildman–Crippen LogP) is 4.67. The summed E-state index contributed by atoms with van der Waals surface area (Å²) in [5.74, 6) is 1.32. The fourth-order valence-electron chi connectivity index (χ4n) is 2.98. The van der Waals surface area contributed by atoms with E-state index in [1.807, 2.05) is 18.3 Å². The summed E-state index contributed by atoms with van der Waals surface area (Å²) in [4.78, 5) is 20.6. The molecule has 0 amide bonds. The van der Waals surface area contributed by atoms with Gasteiger partial charge < -0.3 is 9.36 Å². The number of pyridine rings is 1. The van der Waals surface area contributed by atoms with Gasteiger partial charge in [-0.2, -0.15) is 0 Å². The summed E-state index contributed by atoms with van der Waals surface area (Å²) in [5, 5.41) is 1.11. The summed E-state index contributed by atoms with van der Waals surface area (Å²) in [6, 6.07) is 6.16. The lowest BCUT2D eigenvalue weighted by Gasteiger charge is -2.09. The molecule has 5 heteroatoms. The third kappa shape index (κ3) is 3.29. The Hall–Kier alpha value is -1.75. The number of Topliss-reactive ketones (excluding diaryl/α,β-unsaturated/α-hetero) is 1. The molecule has 0 aliphatic heterocycles. The maximum Gasteiger partial charge on any atom is 0.129 e. The number of carbonyl (C=O) groups is 1. The maximum atomic E-state index is 11.3. The van der Waals surface area contributed by atoms with Gasteiger partial charge in [-0.25, -0.2) is 4.98 Å².